The van der Waals surface area contributed by atoms with Gasteiger partial charge in [0.2, 0.25) is 0 Å². The van der Waals surface area contributed by atoms with Gasteiger partial charge in [0.1, 0.15) is 46.7 Å². The van der Waals surface area contributed by atoms with Gasteiger partial charge in [-0.2, -0.15) is 5.10 Å². The van der Waals surface area contributed by atoms with Crippen molar-refractivity contribution in [2.45, 2.75) is 36.8 Å². The minimum absolute atomic E-state index is 0.0540. The highest BCUT2D eigenvalue weighted by atomic mass is 19.1. The molecule has 2 fully saturated rings. The van der Waals surface area contributed by atoms with Crippen LogP contribution in [-0.4, -0.2) is 57.8 Å². The Balaban J connectivity index is 1.42. The van der Waals surface area contributed by atoms with Crippen molar-refractivity contribution in [1.82, 2.24) is 14.8 Å². The summed E-state index contributed by atoms with van der Waals surface area (Å²) in [5.41, 5.74) is 3.12. The van der Waals surface area contributed by atoms with Crippen LogP contribution in [0.15, 0.2) is 30.5 Å². The molecule has 0 bridgehead atoms. The van der Waals surface area contributed by atoms with Crippen LogP contribution in [0.25, 0.3) is 11.3 Å². The molecule has 4 heterocycles. The third kappa shape index (κ3) is 4.77. The molecule has 4 N–H and O–H groups in total. The van der Waals surface area contributed by atoms with E-state index in [1.807, 2.05) is 0 Å². The van der Waals surface area contributed by atoms with Crippen molar-refractivity contribution in [2.75, 3.05) is 25.1 Å². The van der Waals surface area contributed by atoms with Gasteiger partial charge >= 0.3 is 0 Å². The molecule has 0 aliphatic carbocycles. The van der Waals surface area contributed by atoms with E-state index >= 15 is 0 Å². The molecule has 0 unspecified atom stereocenters. The molecule has 3 atom stereocenters. The van der Waals surface area contributed by atoms with E-state index in [9.17, 15) is 27.5 Å². The largest absolute Gasteiger partial charge is 0.380 e. The molecule has 5 rings (SSSR count). The first-order chi connectivity index (χ1) is 18.1. The number of carbonyl (C=O) groups is 1. The number of nitrogens with two attached hydrogens (primary N) is 1. The van der Waals surface area contributed by atoms with Crippen LogP contribution >= 0.6 is 0 Å². The van der Waals surface area contributed by atoms with E-state index in [2.05, 4.69) is 15.4 Å². The van der Waals surface area contributed by atoms with Crippen LogP contribution in [0.3, 0.4) is 0 Å². The molecule has 2 saturated heterocycles. The molecule has 9 nitrogen and oxygen atoms in total. The number of amides is 1. The minimum atomic E-state index is -1.54. The second kappa shape index (κ2) is 10.1. The number of aromatic nitrogens is 3. The number of ether oxygens (including phenoxy) is 2. The summed E-state index contributed by atoms with van der Waals surface area (Å²) in [6.45, 7) is -0.471. The van der Waals surface area contributed by atoms with Gasteiger partial charge in [-0.25, -0.2) is 22.5 Å². The van der Waals surface area contributed by atoms with Gasteiger partial charge < -0.3 is 25.6 Å². The molecule has 2 aliphatic heterocycles. The molecular weight excluding hydrogens is 510 g/mol. The second-order valence-corrected chi connectivity index (χ2v) is 9.47. The zero-order chi connectivity index (χ0) is 27.2. The molecule has 0 saturated carbocycles. The lowest BCUT2D eigenvalue weighted by Crippen LogP contribution is -2.46. The fourth-order valence-corrected chi connectivity index (χ4v) is 4.54. The third-order valence-electron chi connectivity index (χ3n) is 6.80. The number of halogens is 4. The van der Waals surface area contributed by atoms with E-state index in [1.54, 1.807) is 7.05 Å². The van der Waals surface area contributed by atoms with E-state index < -0.39 is 58.5 Å². The van der Waals surface area contributed by atoms with Crippen LogP contribution in [0.4, 0.5) is 23.2 Å². The Morgan fingerprint density at radius 3 is 2.55 bits per heavy atom. The van der Waals surface area contributed by atoms with Crippen LogP contribution in [-0.2, 0) is 22.1 Å². The average Bonchev–Trinajstić information content (AvgIpc) is 3.13. The highest BCUT2D eigenvalue weighted by molar-refractivity contribution is 6.03. The van der Waals surface area contributed by atoms with Gasteiger partial charge in [-0.1, -0.05) is 0 Å². The number of benzene rings is 1. The van der Waals surface area contributed by atoms with Crippen molar-refractivity contribution in [3.05, 3.63) is 64.9 Å². The van der Waals surface area contributed by atoms with Crippen molar-refractivity contribution in [1.29, 1.82) is 0 Å². The second-order valence-electron chi connectivity index (χ2n) is 9.47. The molecule has 202 valence electrons. The molecule has 0 spiro atoms. The molecule has 1 aromatic carbocycles. The first-order valence-electron chi connectivity index (χ1n) is 11.9. The molecule has 2 aliphatic rings. The maximum absolute atomic E-state index is 14.9. The van der Waals surface area contributed by atoms with Crippen molar-refractivity contribution >= 4 is 11.6 Å². The van der Waals surface area contributed by atoms with Crippen LogP contribution < -0.4 is 11.1 Å². The lowest BCUT2D eigenvalue weighted by molar-refractivity contribution is -0.184. The molecule has 1 amide bonds. The number of rotatable bonds is 5. The smallest absolute Gasteiger partial charge is 0.274 e. The Labute approximate surface area is 214 Å². The normalized spacial score (nSPS) is 23.0. The summed E-state index contributed by atoms with van der Waals surface area (Å²) in [5, 5.41) is 17.1. The molecule has 3 aromatic rings. The molecule has 13 heteroatoms. The Bertz CT molecular complexity index is 1340. The number of aliphatic hydroxyl groups is 1. The Morgan fingerprint density at radius 2 is 1.89 bits per heavy atom. The summed E-state index contributed by atoms with van der Waals surface area (Å²) in [4.78, 5) is 16.9. The van der Waals surface area contributed by atoms with Crippen molar-refractivity contribution in [2.24, 2.45) is 12.8 Å². The maximum atomic E-state index is 14.9. The zero-order valence-electron chi connectivity index (χ0n) is 20.3. The van der Waals surface area contributed by atoms with E-state index in [1.165, 1.54) is 10.9 Å². The molecule has 2 aromatic heterocycles. The standard InChI is InChI=1S/C25H25F4N5O4/c1-34-23(20-5-3-17(30)16(29)9-38-20)19(8-31-34)33-24(35)18-4-2-13(26)22(32-18)21-14(27)6-12(7-15(21)28)25(36)10-37-11-25/h2,4,6-8,16-17,20,36H,3,5,9-11,30H2,1H3,(H,33,35)/t16-,17-,20+/m1/s1. The van der Waals surface area contributed by atoms with Crippen molar-refractivity contribution in [3.63, 3.8) is 0 Å². The first-order valence-corrected chi connectivity index (χ1v) is 11.9. The van der Waals surface area contributed by atoms with Gasteiger partial charge in [0.25, 0.3) is 5.91 Å². The summed E-state index contributed by atoms with van der Waals surface area (Å²) in [6.07, 6.45) is 0.185. The van der Waals surface area contributed by atoms with Crippen molar-refractivity contribution in [3.8, 4) is 11.3 Å². The third-order valence-corrected chi connectivity index (χ3v) is 6.80. The van der Waals surface area contributed by atoms with Gasteiger partial charge in [-0.3, -0.25) is 9.48 Å². The van der Waals surface area contributed by atoms with Crippen LogP contribution in [0.1, 0.15) is 40.7 Å². The zero-order valence-corrected chi connectivity index (χ0v) is 20.3. The Morgan fingerprint density at radius 1 is 1.18 bits per heavy atom. The number of aryl methyl sites for hydroxylation is 1. The predicted octanol–water partition coefficient (Wildman–Crippen LogP) is 2.89. The van der Waals surface area contributed by atoms with Gasteiger partial charge in [0.15, 0.2) is 0 Å². The highest BCUT2D eigenvalue weighted by Gasteiger charge is 2.39. The minimum Gasteiger partial charge on any atom is -0.380 e. The number of carbonyl (C=O) groups excluding carboxylic acids is 1. The summed E-state index contributed by atoms with van der Waals surface area (Å²) in [6, 6.07) is 3.04. The topological polar surface area (TPSA) is 125 Å². The number of alkyl halides is 1. The summed E-state index contributed by atoms with van der Waals surface area (Å²) in [5.74, 6) is -4.17. The van der Waals surface area contributed by atoms with Crippen LogP contribution in [0.5, 0.6) is 0 Å². The number of nitrogens with one attached hydrogen (secondary N) is 1. The summed E-state index contributed by atoms with van der Waals surface area (Å²) < 4.78 is 70.6. The van der Waals surface area contributed by atoms with Crippen LogP contribution in [0.2, 0.25) is 0 Å². The van der Waals surface area contributed by atoms with Gasteiger partial charge in [-0.15, -0.1) is 0 Å². The monoisotopic (exact) mass is 535 g/mol. The summed E-state index contributed by atoms with van der Waals surface area (Å²) in [7, 11) is 1.63. The first kappa shape index (κ1) is 26.2. The number of pyridine rings is 1. The predicted molar refractivity (Wildman–Crippen MR) is 126 cm³/mol. The molecule has 0 radical (unpaired) electrons. The lowest BCUT2D eigenvalue weighted by atomic mass is 9.90. The lowest BCUT2D eigenvalue weighted by Gasteiger charge is -2.36. The van der Waals surface area contributed by atoms with Gasteiger partial charge in [0.05, 0.1) is 43.0 Å². The van der Waals surface area contributed by atoms with Gasteiger partial charge in [0, 0.05) is 13.1 Å². The summed E-state index contributed by atoms with van der Waals surface area (Å²) >= 11 is 0. The maximum Gasteiger partial charge on any atom is 0.274 e. The van der Waals surface area contributed by atoms with E-state index in [-0.39, 0.29) is 36.8 Å². The Kier molecular flexibility index (Phi) is 6.94. The fourth-order valence-electron chi connectivity index (χ4n) is 4.54. The molecule has 38 heavy (non-hydrogen) atoms. The van der Waals surface area contributed by atoms with E-state index in [0.717, 1.165) is 24.3 Å². The SMILES string of the molecule is Cn1ncc(NC(=O)c2ccc(F)c(-c3c(F)cc(C4(O)COC4)cc3F)n2)c1[C@@H]1CC[C@@H](N)[C@H](F)CO1. The number of hydrogen-bond donors (Lipinski definition) is 3. The molecular formula is C25H25F4N5O4. The van der Waals surface area contributed by atoms with Gasteiger partial charge in [-0.05, 0) is 42.7 Å². The number of nitrogens with zero attached hydrogens (tertiary/aromatic N) is 3. The quantitative estimate of drug-likeness (QED) is 0.429. The van der Waals surface area contributed by atoms with E-state index in [4.69, 9.17) is 15.2 Å². The van der Waals surface area contributed by atoms with Crippen LogP contribution in [0, 0.1) is 17.5 Å². The van der Waals surface area contributed by atoms with E-state index in [0.29, 0.717) is 18.5 Å². The van der Waals surface area contributed by atoms with Crippen molar-refractivity contribution < 1.29 is 36.9 Å². The average molecular weight is 535 g/mol. The highest BCUT2D eigenvalue weighted by Crippen LogP contribution is 2.35. The number of hydrogen-bond acceptors (Lipinski definition) is 7. The fraction of sp³-hybridized carbons (Fsp3) is 0.400. The Hall–Kier alpha value is -3.39. The number of anilines is 1.